The summed E-state index contributed by atoms with van der Waals surface area (Å²) >= 11 is 5.99. The Kier molecular flexibility index (Phi) is 7.10. The van der Waals surface area contributed by atoms with Crippen molar-refractivity contribution in [2.45, 2.75) is 37.1 Å². The molecule has 2 aromatic rings. The molecule has 2 fully saturated rings. The Bertz CT molecular complexity index is 1170. The lowest BCUT2D eigenvalue weighted by Crippen LogP contribution is -2.58. The molecular formula is C25H29ClN2O9. The van der Waals surface area contributed by atoms with Gasteiger partial charge in [0.05, 0.1) is 19.3 Å². The summed E-state index contributed by atoms with van der Waals surface area (Å²) in [7, 11) is 1.27. The van der Waals surface area contributed by atoms with Crippen LogP contribution in [0.5, 0.6) is 17.2 Å². The van der Waals surface area contributed by atoms with E-state index in [9.17, 15) is 30.3 Å². The van der Waals surface area contributed by atoms with Crippen molar-refractivity contribution < 1.29 is 44.5 Å². The molecule has 200 valence electrons. The van der Waals surface area contributed by atoms with Crippen LogP contribution in [-0.2, 0) is 16.0 Å². The van der Waals surface area contributed by atoms with E-state index >= 15 is 0 Å². The summed E-state index contributed by atoms with van der Waals surface area (Å²) in [6.07, 6.45) is -6.76. The SMILES string of the molecule is COc1c(O)c(CN2CCN(c3ccc(Cl)cc3)CC2)c2c(c1O)C1O[C@H](CO)[C@@H](O)[C@H](O)C1OC2=O. The number of carbonyl (C=O) groups is 1. The summed E-state index contributed by atoms with van der Waals surface area (Å²) in [5.41, 5.74) is 1.13. The van der Waals surface area contributed by atoms with Crippen molar-refractivity contribution in [2.75, 3.05) is 44.8 Å². The summed E-state index contributed by atoms with van der Waals surface area (Å²) in [5, 5.41) is 53.1. The Hall–Kier alpha value is -2.80. The molecule has 0 spiro atoms. The van der Waals surface area contributed by atoms with Crippen molar-refractivity contribution >= 4 is 23.3 Å². The van der Waals surface area contributed by atoms with Crippen LogP contribution in [0, 0.1) is 0 Å². The number of ether oxygens (including phenoxy) is 3. The van der Waals surface area contributed by atoms with E-state index in [2.05, 4.69) is 9.80 Å². The lowest BCUT2D eigenvalue weighted by molar-refractivity contribution is -0.235. The van der Waals surface area contributed by atoms with Gasteiger partial charge in [-0.2, -0.15) is 0 Å². The number of hydrogen-bond donors (Lipinski definition) is 5. The molecule has 3 aliphatic heterocycles. The minimum Gasteiger partial charge on any atom is -0.504 e. The van der Waals surface area contributed by atoms with Gasteiger partial charge in [0.2, 0.25) is 5.75 Å². The number of nitrogens with zero attached hydrogens (tertiary/aromatic N) is 2. The topological polar surface area (TPSA) is 152 Å². The van der Waals surface area contributed by atoms with E-state index in [1.807, 2.05) is 24.3 Å². The molecule has 5 atom stereocenters. The third kappa shape index (κ3) is 4.45. The van der Waals surface area contributed by atoms with Crippen molar-refractivity contribution in [1.82, 2.24) is 4.90 Å². The number of piperazine rings is 1. The van der Waals surface area contributed by atoms with Gasteiger partial charge in [-0.15, -0.1) is 0 Å². The zero-order valence-corrected chi connectivity index (χ0v) is 20.8. The zero-order chi connectivity index (χ0) is 26.4. The molecule has 0 aliphatic carbocycles. The smallest absolute Gasteiger partial charge is 0.339 e. The number of carbonyl (C=O) groups excluding carboxylic acids is 1. The second-order valence-corrected chi connectivity index (χ2v) is 9.80. The highest BCUT2D eigenvalue weighted by atomic mass is 35.5. The molecule has 0 bridgehead atoms. The molecule has 12 heteroatoms. The summed E-state index contributed by atoms with van der Waals surface area (Å²) < 4.78 is 16.5. The largest absolute Gasteiger partial charge is 0.504 e. The quantitative estimate of drug-likeness (QED) is 0.344. The molecule has 3 aliphatic rings. The van der Waals surface area contributed by atoms with Gasteiger partial charge in [-0.05, 0) is 24.3 Å². The first-order valence-electron chi connectivity index (χ1n) is 12.0. The van der Waals surface area contributed by atoms with E-state index in [4.69, 9.17) is 25.8 Å². The highest BCUT2D eigenvalue weighted by Crippen LogP contribution is 2.52. The Labute approximate surface area is 218 Å². The van der Waals surface area contributed by atoms with Crippen molar-refractivity contribution in [2.24, 2.45) is 0 Å². The Balaban J connectivity index is 1.46. The summed E-state index contributed by atoms with van der Waals surface area (Å²) in [5.74, 6) is -2.05. The molecule has 2 aromatic carbocycles. The third-order valence-corrected chi connectivity index (χ3v) is 7.54. The minimum atomic E-state index is -1.56. The number of phenols is 2. The predicted octanol–water partition coefficient (Wildman–Crippen LogP) is 0.775. The molecule has 0 amide bonds. The molecule has 3 heterocycles. The number of fused-ring (bicyclic) bond motifs is 3. The highest BCUT2D eigenvalue weighted by Gasteiger charge is 2.53. The van der Waals surface area contributed by atoms with Crippen molar-refractivity contribution in [3.63, 3.8) is 0 Å². The van der Waals surface area contributed by atoms with Gasteiger partial charge in [0.1, 0.15) is 24.4 Å². The molecule has 5 rings (SSSR count). The minimum absolute atomic E-state index is 0.0184. The van der Waals surface area contributed by atoms with Crippen LogP contribution in [0.1, 0.15) is 27.6 Å². The molecule has 37 heavy (non-hydrogen) atoms. The number of esters is 1. The van der Waals surface area contributed by atoms with Gasteiger partial charge >= 0.3 is 5.97 Å². The van der Waals surface area contributed by atoms with Crippen LogP contribution in [0.15, 0.2) is 24.3 Å². The second kappa shape index (κ2) is 10.2. The number of aromatic hydroxyl groups is 2. The normalized spacial score (nSPS) is 27.9. The number of halogens is 1. The average Bonchev–Trinajstić information content (AvgIpc) is 2.90. The Morgan fingerprint density at radius 3 is 2.35 bits per heavy atom. The van der Waals surface area contributed by atoms with Crippen molar-refractivity contribution in [3.05, 3.63) is 46.0 Å². The summed E-state index contributed by atoms with van der Waals surface area (Å²) in [6.45, 7) is 2.18. The van der Waals surface area contributed by atoms with Crippen molar-refractivity contribution in [3.8, 4) is 17.2 Å². The maximum atomic E-state index is 13.2. The highest BCUT2D eigenvalue weighted by molar-refractivity contribution is 6.30. The first-order valence-corrected chi connectivity index (χ1v) is 12.3. The Morgan fingerprint density at radius 1 is 1.05 bits per heavy atom. The van der Waals surface area contributed by atoms with Crippen LogP contribution >= 0.6 is 11.6 Å². The maximum absolute atomic E-state index is 13.2. The van der Waals surface area contributed by atoms with Gasteiger partial charge in [0.15, 0.2) is 17.6 Å². The van der Waals surface area contributed by atoms with Crippen LogP contribution in [0.2, 0.25) is 5.02 Å². The number of hydrogen-bond acceptors (Lipinski definition) is 11. The molecule has 2 unspecified atom stereocenters. The van der Waals surface area contributed by atoms with E-state index in [0.29, 0.717) is 31.2 Å². The second-order valence-electron chi connectivity index (χ2n) is 9.37. The van der Waals surface area contributed by atoms with Crippen LogP contribution < -0.4 is 9.64 Å². The van der Waals surface area contributed by atoms with Crippen LogP contribution in [0.3, 0.4) is 0 Å². The van der Waals surface area contributed by atoms with Gasteiger partial charge < -0.3 is 44.6 Å². The van der Waals surface area contributed by atoms with E-state index in [1.54, 1.807) is 0 Å². The first-order chi connectivity index (χ1) is 17.7. The summed E-state index contributed by atoms with van der Waals surface area (Å²) in [4.78, 5) is 17.4. The van der Waals surface area contributed by atoms with E-state index in [0.717, 1.165) is 5.69 Å². The fourth-order valence-corrected chi connectivity index (χ4v) is 5.43. The number of aliphatic hydroxyl groups is 3. The monoisotopic (exact) mass is 536 g/mol. The van der Waals surface area contributed by atoms with E-state index in [1.165, 1.54) is 7.11 Å². The predicted molar refractivity (Wildman–Crippen MR) is 131 cm³/mol. The van der Waals surface area contributed by atoms with Gasteiger partial charge in [0, 0.05) is 54.6 Å². The van der Waals surface area contributed by atoms with Gasteiger partial charge in [-0.3, -0.25) is 4.90 Å². The molecule has 0 radical (unpaired) electrons. The molecular weight excluding hydrogens is 508 g/mol. The van der Waals surface area contributed by atoms with Gasteiger partial charge in [-0.25, -0.2) is 4.79 Å². The lowest BCUT2D eigenvalue weighted by atomic mass is 9.84. The fourth-order valence-electron chi connectivity index (χ4n) is 5.30. The molecule has 0 saturated carbocycles. The van der Waals surface area contributed by atoms with Crippen LogP contribution in [0.4, 0.5) is 5.69 Å². The van der Waals surface area contributed by atoms with Crippen LogP contribution in [0.25, 0.3) is 0 Å². The van der Waals surface area contributed by atoms with Crippen molar-refractivity contribution in [1.29, 1.82) is 0 Å². The number of anilines is 1. The molecule has 2 saturated heterocycles. The van der Waals surface area contributed by atoms with E-state index < -0.39 is 54.6 Å². The summed E-state index contributed by atoms with van der Waals surface area (Å²) in [6, 6.07) is 7.57. The molecule has 0 aromatic heterocycles. The van der Waals surface area contributed by atoms with Gasteiger partial charge in [0.25, 0.3) is 0 Å². The molecule has 11 nitrogen and oxygen atoms in total. The zero-order valence-electron chi connectivity index (χ0n) is 20.1. The molecule has 5 N–H and O–H groups in total. The average molecular weight is 537 g/mol. The number of rotatable bonds is 5. The van der Waals surface area contributed by atoms with E-state index in [-0.39, 0.29) is 29.0 Å². The van der Waals surface area contributed by atoms with Gasteiger partial charge in [-0.1, -0.05) is 11.6 Å². The fraction of sp³-hybridized carbons (Fsp3) is 0.480. The Morgan fingerprint density at radius 2 is 1.73 bits per heavy atom. The maximum Gasteiger partial charge on any atom is 0.339 e. The number of methoxy groups -OCH3 is 1. The third-order valence-electron chi connectivity index (χ3n) is 7.29. The van der Waals surface area contributed by atoms with Crippen LogP contribution in [-0.4, -0.2) is 101 Å². The number of phenolic OH excluding ortho intramolecular Hbond substituents is 2. The number of aliphatic hydroxyl groups excluding tert-OH is 3. The number of benzene rings is 2. The first kappa shape index (κ1) is 25.8. The standard InChI is InChI=1S/C25H29ClN2O9/c1-35-23-18(30)14(10-27-6-8-28(9-7-27)13-4-2-12(26)3-5-13)16-17(20(23)32)22-24(37-25(16)34)21(33)19(31)15(11-29)36-22/h2-5,15,19,21-22,24,29-33H,6-11H2,1H3/t15-,19-,21+,22?,24?/m1/s1. The lowest BCUT2D eigenvalue weighted by Gasteiger charge is -2.45.